The highest BCUT2D eigenvalue weighted by atomic mass is 35.5. The van der Waals surface area contributed by atoms with Gasteiger partial charge >= 0.3 is 0 Å². The Morgan fingerprint density at radius 2 is 1.93 bits per heavy atom. The quantitative estimate of drug-likeness (QED) is 0.858. The number of nitrogens with one attached hydrogen (secondary N) is 1. The van der Waals surface area contributed by atoms with Crippen LogP contribution in [-0.2, 0) is 0 Å². The van der Waals surface area contributed by atoms with Gasteiger partial charge in [0.2, 0.25) is 0 Å². The second-order valence-electron chi connectivity index (χ2n) is 3.73. The zero-order valence-corrected chi connectivity index (χ0v) is 10.3. The van der Waals surface area contributed by atoms with E-state index in [1.807, 2.05) is 19.9 Å². The van der Waals surface area contributed by atoms with Crippen LogP contribution in [0, 0.1) is 0 Å². The van der Waals surface area contributed by atoms with Crippen LogP contribution in [0.1, 0.15) is 25.5 Å². The van der Waals surface area contributed by atoms with Crippen LogP contribution in [0.5, 0.6) is 0 Å². The van der Waals surface area contributed by atoms with E-state index in [1.54, 1.807) is 12.1 Å². The first-order chi connectivity index (χ1) is 7.04. The molecule has 0 saturated heterocycles. The van der Waals surface area contributed by atoms with E-state index in [9.17, 15) is 5.11 Å². The molecule has 0 aliphatic heterocycles. The summed E-state index contributed by atoms with van der Waals surface area (Å²) < 4.78 is 0. The molecule has 1 rings (SSSR count). The Morgan fingerprint density at radius 1 is 1.27 bits per heavy atom. The van der Waals surface area contributed by atoms with Crippen molar-refractivity contribution in [1.82, 2.24) is 5.32 Å². The minimum absolute atomic E-state index is 0.0378. The van der Waals surface area contributed by atoms with Crippen LogP contribution < -0.4 is 5.32 Å². The van der Waals surface area contributed by atoms with Crippen molar-refractivity contribution in [2.45, 2.75) is 25.9 Å². The van der Waals surface area contributed by atoms with Crippen molar-refractivity contribution in [1.29, 1.82) is 0 Å². The molecular weight excluding hydrogens is 233 g/mol. The summed E-state index contributed by atoms with van der Waals surface area (Å²) in [6.07, 6.45) is 0. The lowest BCUT2D eigenvalue weighted by Crippen LogP contribution is -2.30. The van der Waals surface area contributed by atoms with Crippen LogP contribution in [0.4, 0.5) is 0 Å². The molecule has 0 aliphatic carbocycles. The number of rotatable bonds is 4. The van der Waals surface area contributed by atoms with Crippen LogP contribution >= 0.6 is 23.2 Å². The number of benzene rings is 1. The molecule has 1 atom stereocenters. The van der Waals surface area contributed by atoms with Crippen LogP contribution in [0.3, 0.4) is 0 Å². The van der Waals surface area contributed by atoms with E-state index >= 15 is 0 Å². The van der Waals surface area contributed by atoms with Crippen molar-refractivity contribution >= 4 is 23.2 Å². The average Bonchev–Trinajstić information content (AvgIpc) is 2.18. The SMILES string of the molecule is CC(C)NC(CO)c1ccc(Cl)c(Cl)c1. The van der Waals surface area contributed by atoms with Crippen LogP contribution in [0.25, 0.3) is 0 Å². The zero-order valence-electron chi connectivity index (χ0n) is 8.80. The first kappa shape index (κ1) is 12.8. The summed E-state index contributed by atoms with van der Waals surface area (Å²) in [6.45, 7) is 4.09. The van der Waals surface area contributed by atoms with E-state index in [1.165, 1.54) is 0 Å². The molecule has 1 aromatic carbocycles. The molecule has 0 spiro atoms. The lowest BCUT2D eigenvalue weighted by molar-refractivity contribution is 0.237. The molecule has 0 saturated carbocycles. The van der Waals surface area contributed by atoms with Crippen LogP contribution in [0.15, 0.2) is 18.2 Å². The lowest BCUT2D eigenvalue weighted by Gasteiger charge is -2.19. The van der Waals surface area contributed by atoms with Crippen molar-refractivity contribution in [3.8, 4) is 0 Å². The minimum atomic E-state index is -0.0974. The Bertz CT molecular complexity index is 328. The van der Waals surface area contributed by atoms with Gasteiger partial charge in [-0.1, -0.05) is 43.1 Å². The molecule has 0 bridgehead atoms. The highest BCUT2D eigenvalue weighted by Crippen LogP contribution is 2.25. The second-order valence-corrected chi connectivity index (χ2v) is 4.54. The summed E-state index contributed by atoms with van der Waals surface area (Å²) in [7, 11) is 0. The highest BCUT2D eigenvalue weighted by molar-refractivity contribution is 6.42. The van der Waals surface area contributed by atoms with Crippen molar-refractivity contribution in [2.75, 3.05) is 6.61 Å². The Hall–Kier alpha value is -0.280. The van der Waals surface area contributed by atoms with E-state index in [0.717, 1.165) is 5.56 Å². The smallest absolute Gasteiger partial charge is 0.0626 e. The Balaban J connectivity index is 2.87. The average molecular weight is 248 g/mol. The third kappa shape index (κ3) is 3.65. The van der Waals surface area contributed by atoms with E-state index in [-0.39, 0.29) is 12.6 Å². The third-order valence-corrected chi connectivity index (χ3v) is 2.80. The molecule has 2 N–H and O–H groups in total. The molecule has 0 heterocycles. The van der Waals surface area contributed by atoms with Gasteiger partial charge in [-0.15, -0.1) is 0 Å². The summed E-state index contributed by atoms with van der Waals surface area (Å²) in [6, 6.07) is 5.59. The zero-order chi connectivity index (χ0) is 11.4. The summed E-state index contributed by atoms with van der Waals surface area (Å²) in [5.41, 5.74) is 0.945. The number of hydrogen-bond acceptors (Lipinski definition) is 2. The van der Waals surface area contributed by atoms with Crippen molar-refractivity contribution < 1.29 is 5.11 Å². The maximum Gasteiger partial charge on any atom is 0.0626 e. The van der Waals surface area contributed by atoms with Gasteiger partial charge in [-0.2, -0.15) is 0 Å². The molecule has 1 aromatic rings. The summed E-state index contributed by atoms with van der Waals surface area (Å²) in [5, 5.41) is 13.5. The molecule has 4 heteroatoms. The monoisotopic (exact) mass is 247 g/mol. The first-order valence-corrected chi connectivity index (χ1v) is 5.62. The highest BCUT2D eigenvalue weighted by Gasteiger charge is 2.12. The number of halogens is 2. The summed E-state index contributed by atoms with van der Waals surface area (Å²) >= 11 is 11.7. The molecule has 84 valence electrons. The molecule has 0 aromatic heterocycles. The van der Waals surface area contributed by atoms with E-state index in [2.05, 4.69) is 5.32 Å². The molecule has 0 aliphatic rings. The second kappa shape index (κ2) is 5.71. The van der Waals surface area contributed by atoms with E-state index < -0.39 is 0 Å². The van der Waals surface area contributed by atoms with E-state index in [0.29, 0.717) is 16.1 Å². The Kier molecular flexibility index (Phi) is 4.87. The van der Waals surface area contributed by atoms with Gasteiger partial charge in [-0.05, 0) is 17.7 Å². The predicted molar refractivity (Wildman–Crippen MR) is 64.6 cm³/mol. The van der Waals surface area contributed by atoms with Gasteiger partial charge in [-0.3, -0.25) is 0 Å². The van der Waals surface area contributed by atoms with Crippen molar-refractivity contribution in [3.05, 3.63) is 33.8 Å². The molecular formula is C11H15Cl2NO. The first-order valence-electron chi connectivity index (χ1n) is 4.86. The van der Waals surface area contributed by atoms with E-state index in [4.69, 9.17) is 23.2 Å². The molecule has 2 nitrogen and oxygen atoms in total. The number of aliphatic hydroxyl groups excluding tert-OH is 1. The standard InChI is InChI=1S/C11H15Cl2NO/c1-7(2)14-11(6-15)8-3-4-9(12)10(13)5-8/h3-5,7,11,14-15H,6H2,1-2H3. The largest absolute Gasteiger partial charge is 0.394 e. The van der Waals surface area contributed by atoms with Crippen LogP contribution in [0.2, 0.25) is 10.0 Å². The molecule has 0 amide bonds. The maximum atomic E-state index is 9.25. The van der Waals surface area contributed by atoms with Gasteiger partial charge in [0.25, 0.3) is 0 Å². The molecule has 0 fully saturated rings. The third-order valence-electron chi connectivity index (χ3n) is 2.06. The predicted octanol–water partition coefficient (Wildman–Crippen LogP) is 3.02. The van der Waals surface area contributed by atoms with Gasteiger partial charge in [0, 0.05) is 6.04 Å². The van der Waals surface area contributed by atoms with Gasteiger partial charge < -0.3 is 10.4 Å². The molecule has 0 radical (unpaired) electrons. The number of hydrogen-bond donors (Lipinski definition) is 2. The van der Waals surface area contributed by atoms with Gasteiger partial charge in [0.05, 0.1) is 22.7 Å². The Labute approximate surface area is 100 Å². The van der Waals surface area contributed by atoms with Crippen LogP contribution in [-0.4, -0.2) is 17.8 Å². The van der Waals surface area contributed by atoms with Crippen molar-refractivity contribution in [3.63, 3.8) is 0 Å². The summed E-state index contributed by atoms with van der Waals surface area (Å²) in [5.74, 6) is 0. The summed E-state index contributed by atoms with van der Waals surface area (Å²) in [4.78, 5) is 0. The van der Waals surface area contributed by atoms with Gasteiger partial charge in [0.1, 0.15) is 0 Å². The fourth-order valence-corrected chi connectivity index (χ4v) is 1.69. The Morgan fingerprint density at radius 3 is 2.40 bits per heavy atom. The fourth-order valence-electron chi connectivity index (χ4n) is 1.39. The molecule has 1 unspecified atom stereocenters. The van der Waals surface area contributed by atoms with Gasteiger partial charge in [-0.25, -0.2) is 0 Å². The topological polar surface area (TPSA) is 32.3 Å². The number of aliphatic hydroxyl groups is 1. The maximum absolute atomic E-state index is 9.25. The van der Waals surface area contributed by atoms with Gasteiger partial charge in [0.15, 0.2) is 0 Å². The fraction of sp³-hybridized carbons (Fsp3) is 0.455. The lowest BCUT2D eigenvalue weighted by atomic mass is 10.1. The minimum Gasteiger partial charge on any atom is -0.394 e. The molecule has 15 heavy (non-hydrogen) atoms. The van der Waals surface area contributed by atoms with Crippen molar-refractivity contribution in [2.24, 2.45) is 0 Å². The normalized spacial score (nSPS) is 13.2.